The summed E-state index contributed by atoms with van der Waals surface area (Å²) >= 11 is 0. The molecule has 0 atom stereocenters. The van der Waals surface area contributed by atoms with Crippen molar-refractivity contribution in [3.05, 3.63) is 11.9 Å². The number of rotatable bonds is 10. The number of hydrogen-bond acceptors (Lipinski definition) is 9. The highest BCUT2D eigenvalue weighted by Crippen LogP contribution is 2.14. The minimum absolute atomic E-state index is 0.0968. The third-order valence-corrected chi connectivity index (χ3v) is 3.03. The number of nitrogens with two attached hydrogens (primary N) is 2. The predicted octanol–water partition coefficient (Wildman–Crippen LogP) is 0.117. The van der Waals surface area contributed by atoms with Crippen LogP contribution in [0.5, 0.6) is 0 Å². The smallest absolute Gasteiger partial charge is 0.224 e. The highest BCUT2D eigenvalue weighted by Gasteiger charge is 2.07. The molecule has 0 bridgehead atoms. The van der Waals surface area contributed by atoms with Gasteiger partial charge in [0.1, 0.15) is 0 Å². The van der Waals surface area contributed by atoms with E-state index in [-0.39, 0.29) is 11.8 Å². The Morgan fingerprint density at radius 1 is 1.09 bits per heavy atom. The summed E-state index contributed by atoms with van der Waals surface area (Å²) in [5, 5.41) is 3.28. The van der Waals surface area contributed by atoms with Gasteiger partial charge in [0.2, 0.25) is 5.95 Å². The van der Waals surface area contributed by atoms with Gasteiger partial charge in [-0.3, -0.25) is 0 Å². The standard InChI is InChI=1S/C14H23N7O2/c1-2-22-6-7-23-5-3-4-17-8-10-9-18-13-11(19-10)12(15)20-14(16)21-13/h9,17H,2-8H2,1H3,(H4,15,16,18,20,21). The number of nitrogen functional groups attached to an aromatic ring is 2. The van der Waals surface area contributed by atoms with Gasteiger partial charge >= 0.3 is 0 Å². The van der Waals surface area contributed by atoms with E-state index in [1.807, 2.05) is 6.92 Å². The van der Waals surface area contributed by atoms with Crippen molar-refractivity contribution in [1.82, 2.24) is 25.3 Å². The molecule has 9 heteroatoms. The fourth-order valence-electron chi connectivity index (χ4n) is 1.95. The minimum Gasteiger partial charge on any atom is -0.382 e. The second kappa shape index (κ2) is 9.13. The number of anilines is 2. The summed E-state index contributed by atoms with van der Waals surface area (Å²) in [7, 11) is 0. The van der Waals surface area contributed by atoms with Gasteiger partial charge in [0, 0.05) is 19.8 Å². The highest BCUT2D eigenvalue weighted by atomic mass is 16.5. The molecule has 0 saturated heterocycles. The molecule has 0 saturated carbocycles. The number of aromatic nitrogens is 4. The molecule has 0 fully saturated rings. The van der Waals surface area contributed by atoms with Crippen molar-refractivity contribution >= 4 is 22.9 Å². The zero-order chi connectivity index (χ0) is 16.5. The zero-order valence-electron chi connectivity index (χ0n) is 13.3. The summed E-state index contributed by atoms with van der Waals surface area (Å²) in [6.07, 6.45) is 2.56. The Morgan fingerprint density at radius 2 is 1.91 bits per heavy atom. The predicted molar refractivity (Wildman–Crippen MR) is 87.6 cm³/mol. The zero-order valence-corrected chi connectivity index (χ0v) is 13.3. The molecule has 0 aliphatic heterocycles. The van der Waals surface area contributed by atoms with Crippen LogP contribution in [0.3, 0.4) is 0 Å². The van der Waals surface area contributed by atoms with Gasteiger partial charge in [-0.05, 0) is 19.9 Å². The second-order valence-corrected chi connectivity index (χ2v) is 4.84. The molecule has 0 spiro atoms. The molecule has 2 heterocycles. The first-order valence-corrected chi connectivity index (χ1v) is 7.61. The van der Waals surface area contributed by atoms with E-state index in [1.165, 1.54) is 0 Å². The number of hydrogen-bond donors (Lipinski definition) is 3. The highest BCUT2D eigenvalue weighted by molar-refractivity contribution is 5.81. The molecule has 5 N–H and O–H groups in total. The quantitative estimate of drug-likeness (QED) is 0.521. The lowest BCUT2D eigenvalue weighted by Gasteiger charge is -2.07. The maximum Gasteiger partial charge on any atom is 0.224 e. The molecular formula is C14H23N7O2. The first kappa shape index (κ1) is 17.3. The molecule has 0 unspecified atom stereocenters. The van der Waals surface area contributed by atoms with E-state index in [0.29, 0.717) is 37.5 Å². The fraction of sp³-hybridized carbons (Fsp3) is 0.571. The van der Waals surface area contributed by atoms with E-state index >= 15 is 0 Å². The minimum atomic E-state index is 0.0968. The Labute approximate surface area is 134 Å². The summed E-state index contributed by atoms with van der Waals surface area (Å²) in [6, 6.07) is 0. The van der Waals surface area contributed by atoms with Gasteiger partial charge in [0.15, 0.2) is 17.0 Å². The SMILES string of the molecule is CCOCCOCCCNCc1cnc2nc(N)nc(N)c2n1. The van der Waals surface area contributed by atoms with Crippen LogP contribution in [0.15, 0.2) is 6.20 Å². The second-order valence-electron chi connectivity index (χ2n) is 4.84. The molecule has 2 aromatic heterocycles. The van der Waals surface area contributed by atoms with E-state index in [0.717, 1.165) is 25.3 Å². The average Bonchev–Trinajstić information content (AvgIpc) is 2.53. The Bertz CT molecular complexity index is 623. The largest absolute Gasteiger partial charge is 0.382 e. The number of nitrogens with one attached hydrogen (secondary N) is 1. The number of fused-ring (bicyclic) bond motifs is 1. The van der Waals surface area contributed by atoms with Crippen molar-refractivity contribution in [2.75, 3.05) is 44.4 Å². The maximum atomic E-state index is 5.79. The molecule has 23 heavy (non-hydrogen) atoms. The lowest BCUT2D eigenvalue weighted by atomic mass is 10.3. The van der Waals surface area contributed by atoms with E-state index in [4.69, 9.17) is 20.9 Å². The Morgan fingerprint density at radius 3 is 2.74 bits per heavy atom. The van der Waals surface area contributed by atoms with Crippen LogP contribution in [-0.2, 0) is 16.0 Å². The lowest BCUT2D eigenvalue weighted by Crippen LogP contribution is -2.18. The van der Waals surface area contributed by atoms with Crippen LogP contribution >= 0.6 is 0 Å². The fourth-order valence-corrected chi connectivity index (χ4v) is 1.95. The first-order chi connectivity index (χ1) is 11.2. The molecule has 2 rings (SSSR count). The van der Waals surface area contributed by atoms with Gasteiger partial charge in [-0.15, -0.1) is 0 Å². The molecule has 0 aromatic carbocycles. The number of ether oxygens (including phenoxy) is 2. The van der Waals surface area contributed by atoms with E-state index in [9.17, 15) is 0 Å². The summed E-state index contributed by atoms with van der Waals surface area (Å²) in [5.74, 6) is 0.337. The normalized spacial score (nSPS) is 11.2. The van der Waals surface area contributed by atoms with Crippen LogP contribution in [0.2, 0.25) is 0 Å². The van der Waals surface area contributed by atoms with Gasteiger partial charge in [0.05, 0.1) is 25.1 Å². The third-order valence-electron chi connectivity index (χ3n) is 3.03. The molecule has 0 aliphatic rings. The lowest BCUT2D eigenvalue weighted by molar-refractivity contribution is 0.0519. The topological polar surface area (TPSA) is 134 Å². The first-order valence-electron chi connectivity index (χ1n) is 7.61. The average molecular weight is 321 g/mol. The summed E-state index contributed by atoms with van der Waals surface area (Å²) in [6.45, 7) is 6.07. The van der Waals surface area contributed by atoms with Crippen molar-refractivity contribution in [2.45, 2.75) is 19.9 Å². The summed E-state index contributed by atoms with van der Waals surface area (Å²) < 4.78 is 10.6. The molecule has 0 radical (unpaired) electrons. The van der Waals surface area contributed by atoms with Crippen LogP contribution in [0.1, 0.15) is 19.0 Å². The van der Waals surface area contributed by atoms with Crippen molar-refractivity contribution in [2.24, 2.45) is 0 Å². The van der Waals surface area contributed by atoms with Crippen molar-refractivity contribution < 1.29 is 9.47 Å². The van der Waals surface area contributed by atoms with Crippen LogP contribution in [0, 0.1) is 0 Å². The van der Waals surface area contributed by atoms with Crippen molar-refractivity contribution in [1.29, 1.82) is 0 Å². The van der Waals surface area contributed by atoms with E-state index in [1.54, 1.807) is 6.20 Å². The van der Waals surface area contributed by atoms with Gasteiger partial charge in [-0.1, -0.05) is 0 Å². The maximum absolute atomic E-state index is 5.79. The molecular weight excluding hydrogens is 298 g/mol. The molecule has 0 aliphatic carbocycles. The summed E-state index contributed by atoms with van der Waals surface area (Å²) in [4.78, 5) is 16.5. The van der Waals surface area contributed by atoms with Gasteiger partial charge in [-0.2, -0.15) is 9.97 Å². The van der Waals surface area contributed by atoms with Crippen LogP contribution in [0.4, 0.5) is 11.8 Å². The molecule has 9 nitrogen and oxygen atoms in total. The monoisotopic (exact) mass is 321 g/mol. The third kappa shape index (κ3) is 5.55. The van der Waals surface area contributed by atoms with Gasteiger partial charge in [0.25, 0.3) is 0 Å². The Kier molecular flexibility index (Phi) is 6.85. The van der Waals surface area contributed by atoms with E-state index in [2.05, 4.69) is 25.3 Å². The van der Waals surface area contributed by atoms with Crippen LogP contribution in [-0.4, -0.2) is 52.9 Å². The van der Waals surface area contributed by atoms with Gasteiger partial charge < -0.3 is 26.3 Å². The summed E-state index contributed by atoms with van der Waals surface area (Å²) in [5.41, 5.74) is 13.0. The number of nitrogens with zero attached hydrogens (tertiary/aromatic N) is 4. The molecule has 0 amide bonds. The molecule has 2 aromatic rings. The van der Waals surface area contributed by atoms with Crippen molar-refractivity contribution in [3.63, 3.8) is 0 Å². The molecule has 126 valence electrons. The Hall–Kier alpha value is -2.10. The van der Waals surface area contributed by atoms with Gasteiger partial charge in [-0.25, -0.2) is 9.97 Å². The Balaban J connectivity index is 1.71. The van der Waals surface area contributed by atoms with E-state index < -0.39 is 0 Å². The van der Waals surface area contributed by atoms with Crippen LogP contribution in [0.25, 0.3) is 11.2 Å². The van der Waals surface area contributed by atoms with Crippen molar-refractivity contribution in [3.8, 4) is 0 Å². The van der Waals surface area contributed by atoms with Crippen LogP contribution < -0.4 is 16.8 Å².